The van der Waals surface area contributed by atoms with Gasteiger partial charge in [0.1, 0.15) is 22.5 Å². The number of rotatable bonds is 8. The lowest BCUT2D eigenvalue weighted by molar-refractivity contribution is 0.0938. The van der Waals surface area contributed by atoms with Gasteiger partial charge in [0.05, 0.1) is 6.26 Å². The Kier molecular flexibility index (Phi) is 6.26. The molecule has 2 N–H and O–H groups in total. The van der Waals surface area contributed by atoms with Crippen LogP contribution in [-0.2, 0) is 10.0 Å². The first-order valence-electron chi connectivity index (χ1n) is 8.71. The van der Waals surface area contributed by atoms with Gasteiger partial charge in [-0.2, -0.15) is 0 Å². The summed E-state index contributed by atoms with van der Waals surface area (Å²) in [5, 5.41) is 2.81. The minimum absolute atomic E-state index is 0.00198. The van der Waals surface area contributed by atoms with Crippen LogP contribution in [0.15, 0.2) is 88.9 Å². The van der Waals surface area contributed by atoms with Crippen molar-refractivity contribution in [3.05, 3.63) is 102 Å². The van der Waals surface area contributed by atoms with E-state index in [0.29, 0.717) is 5.76 Å². The van der Waals surface area contributed by atoms with E-state index in [0.717, 1.165) is 17.7 Å². The number of hydrogen-bond donors (Lipinski definition) is 2. The molecule has 8 heteroatoms. The van der Waals surface area contributed by atoms with Gasteiger partial charge in [0.25, 0.3) is 5.91 Å². The third kappa shape index (κ3) is 4.79. The molecule has 0 aliphatic heterocycles. The fourth-order valence-electron chi connectivity index (χ4n) is 2.73. The van der Waals surface area contributed by atoms with Crippen molar-refractivity contribution in [1.82, 2.24) is 10.0 Å². The molecule has 0 aliphatic rings. The molecule has 6 nitrogen and oxygen atoms in total. The van der Waals surface area contributed by atoms with Crippen molar-refractivity contribution in [2.24, 2.45) is 0 Å². The zero-order valence-corrected chi connectivity index (χ0v) is 16.2. The van der Waals surface area contributed by atoms with Gasteiger partial charge >= 0.3 is 0 Å². The van der Waals surface area contributed by atoms with E-state index in [4.69, 9.17) is 4.42 Å². The molecule has 1 amide bonds. The van der Waals surface area contributed by atoms with Gasteiger partial charge in [-0.1, -0.05) is 36.4 Å². The highest BCUT2D eigenvalue weighted by atomic mass is 32.2. The molecule has 2 aromatic carbocycles. The van der Waals surface area contributed by atoms with Crippen LogP contribution < -0.4 is 10.0 Å². The van der Waals surface area contributed by atoms with Crippen LogP contribution >= 0.6 is 0 Å². The molecule has 1 heterocycles. The number of sulfonamides is 1. The molecule has 29 heavy (non-hydrogen) atoms. The molecular weight excluding hydrogens is 395 g/mol. The number of benzene rings is 2. The van der Waals surface area contributed by atoms with E-state index >= 15 is 0 Å². The Labute approximate surface area is 168 Å². The molecule has 3 aromatic rings. The highest BCUT2D eigenvalue weighted by molar-refractivity contribution is 7.89. The van der Waals surface area contributed by atoms with Crippen LogP contribution in [-0.4, -0.2) is 20.9 Å². The molecule has 1 unspecified atom stereocenters. The Morgan fingerprint density at radius 1 is 1.14 bits per heavy atom. The van der Waals surface area contributed by atoms with Crippen molar-refractivity contribution in [3.8, 4) is 0 Å². The molecule has 150 valence electrons. The monoisotopic (exact) mass is 414 g/mol. The number of hydrogen-bond acceptors (Lipinski definition) is 4. The topological polar surface area (TPSA) is 88.4 Å². The largest absolute Gasteiger partial charge is 0.467 e. The van der Waals surface area contributed by atoms with Gasteiger partial charge in [0.15, 0.2) is 0 Å². The lowest BCUT2D eigenvalue weighted by atomic mass is 10.0. The summed E-state index contributed by atoms with van der Waals surface area (Å²) in [6.45, 7) is 3.36. The predicted molar refractivity (Wildman–Crippen MR) is 106 cm³/mol. The molecule has 0 bridgehead atoms. The second kappa shape index (κ2) is 8.85. The maximum Gasteiger partial charge on any atom is 0.252 e. The number of halogens is 1. The molecule has 0 saturated carbocycles. The quantitative estimate of drug-likeness (QED) is 0.553. The van der Waals surface area contributed by atoms with Crippen molar-refractivity contribution in [2.45, 2.75) is 10.9 Å². The SMILES string of the molecule is C=CCNS(=O)(=O)c1cc(C(=O)NC(c2ccccc2)c2ccco2)ccc1F. The van der Waals surface area contributed by atoms with Gasteiger partial charge < -0.3 is 9.73 Å². The highest BCUT2D eigenvalue weighted by Gasteiger charge is 2.23. The molecule has 1 atom stereocenters. The highest BCUT2D eigenvalue weighted by Crippen LogP contribution is 2.24. The average Bonchev–Trinajstić information content (AvgIpc) is 3.25. The van der Waals surface area contributed by atoms with Crippen LogP contribution in [0.4, 0.5) is 4.39 Å². The number of amides is 1. The Bertz CT molecular complexity index is 1100. The number of nitrogens with one attached hydrogen (secondary N) is 2. The maximum absolute atomic E-state index is 14.1. The summed E-state index contributed by atoms with van der Waals surface area (Å²) in [7, 11) is -4.13. The molecule has 0 fully saturated rings. The van der Waals surface area contributed by atoms with E-state index < -0.39 is 32.7 Å². The van der Waals surface area contributed by atoms with Crippen LogP contribution in [0.2, 0.25) is 0 Å². The standard InChI is InChI=1S/C21H19FN2O4S/c1-2-12-23-29(26,27)19-14-16(10-11-17(19)22)21(25)24-20(18-9-6-13-28-18)15-7-4-3-5-8-15/h2-11,13-14,20,23H,1,12H2,(H,24,25). The lowest BCUT2D eigenvalue weighted by Crippen LogP contribution is -2.30. The molecule has 0 aliphatic carbocycles. The van der Waals surface area contributed by atoms with Crippen LogP contribution in [0.1, 0.15) is 27.7 Å². The second-order valence-corrected chi connectivity index (χ2v) is 7.85. The summed E-state index contributed by atoms with van der Waals surface area (Å²) in [6, 6.07) is 15.1. The Morgan fingerprint density at radius 2 is 1.90 bits per heavy atom. The van der Waals surface area contributed by atoms with E-state index in [1.165, 1.54) is 18.4 Å². The van der Waals surface area contributed by atoms with E-state index in [1.54, 1.807) is 12.1 Å². The first-order chi connectivity index (χ1) is 13.9. The molecule has 1 aromatic heterocycles. The number of carbonyl (C=O) groups excluding carboxylic acids is 1. The van der Waals surface area contributed by atoms with Crippen LogP contribution in [0.3, 0.4) is 0 Å². The van der Waals surface area contributed by atoms with Crippen molar-refractivity contribution >= 4 is 15.9 Å². The molecular formula is C21H19FN2O4S. The number of carbonyl (C=O) groups is 1. The first kappa shape index (κ1) is 20.5. The van der Waals surface area contributed by atoms with Crippen LogP contribution in [0.25, 0.3) is 0 Å². The third-order valence-corrected chi connectivity index (χ3v) is 5.58. The first-order valence-corrected chi connectivity index (χ1v) is 10.2. The third-order valence-electron chi connectivity index (χ3n) is 4.14. The minimum Gasteiger partial charge on any atom is -0.467 e. The molecule has 3 rings (SSSR count). The summed E-state index contributed by atoms with van der Waals surface area (Å²) < 4.78 is 46.3. The van der Waals surface area contributed by atoms with Gasteiger partial charge in [-0.05, 0) is 35.9 Å². The minimum atomic E-state index is -4.13. The van der Waals surface area contributed by atoms with Crippen molar-refractivity contribution < 1.29 is 22.0 Å². The Hall–Kier alpha value is -3.23. The average molecular weight is 414 g/mol. The van der Waals surface area contributed by atoms with E-state index in [1.807, 2.05) is 30.3 Å². The summed E-state index contributed by atoms with van der Waals surface area (Å²) in [5.41, 5.74) is 0.774. The second-order valence-electron chi connectivity index (χ2n) is 6.12. The molecule has 0 radical (unpaired) electrons. The van der Waals surface area contributed by atoms with Gasteiger partial charge in [0, 0.05) is 12.1 Å². The van der Waals surface area contributed by atoms with E-state index in [-0.39, 0.29) is 12.1 Å². The van der Waals surface area contributed by atoms with Crippen molar-refractivity contribution in [3.63, 3.8) is 0 Å². The van der Waals surface area contributed by atoms with Gasteiger partial charge in [-0.15, -0.1) is 6.58 Å². The lowest BCUT2D eigenvalue weighted by Gasteiger charge is -2.17. The van der Waals surface area contributed by atoms with E-state index in [9.17, 15) is 17.6 Å². The smallest absolute Gasteiger partial charge is 0.252 e. The van der Waals surface area contributed by atoms with Gasteiger partial charge in [0.2, 0.25) is 10.0 Å². The van der Waals surface area contributed by atoms with Crippen molar-refractivity contribution in [1.29, 1.82) is 0 Å². The predicted octanol–water partition coefficient (Wildman–Crippen LogP) is 3.40. The fourth-order valence-corrected chi connectivity index (χ4v) is 3.83. The summed E-state index contributed by atoms with van der Waals surface area (Å²) in [4.78, 5) is 12.2. The number of furan rings is 1. The fraction of sp³-hybridized carbons (Fsp3) is 0.0952. The van der Waals surface area contributed by atoms with Crippen molar-refractivity contribution in [2.75, 3.05) is 6.54 Å². The van der Waals surface area contributed by atoms with Crippen LogP contribution in [0, 0.1) is 5.82 Å². The Morgan fingerprint density at radius 3 is 2.55 bits per heavy atom. The summed E-state index contributed by atoms with van der Waals surface area (Å²) in [6.07, 6.45) is 2.82. The zero-order chi connectivity index (χ0) is 20.9. The molecule has 0 saturated heterocycles. The van der Waals surface area contributed by atoms with Crippen LogP contribution in [0.5, 0.6) is 0 Å². The zero-order valence-electron chi connectivity index (χ0n) is 15.3. The van der Waals surface area contributed by atoms with Gasteiger partial charge in [-0.25, -0.2) is 17.5 Å². The Balaban J connectivity index is 1.91. The molecule has 0 spiro atoms. The normalized spacial score (nSPS) is 12.3. The van der Waals surface area contributed by atoms with E-state index in [2.05, 4.69) is 16.6 Å². The summed E-state index contributed by atoms with van der Waals surface area (Å²) >= 11 is 0. The summed E-state index contributed by atoms with van der Waals surface area (Å²) in [5.74, 6) is -1.02. The maximum atomic E-state index is 14.1. The van der Waals surface area contributed by atoms with Gasteiger partial charge in [-0.3, -0.25) is 4.79 Å².